The molecule has 0 aromatic heterocycles. The molecule has 7 heteroatoms. The van der Waals surface area contributed by atoms with Gasteiger partial charge in [-0.05, 0) is 52.7 Å². The van der Waals surface area contributed by atoms with E-state index in [1.165, 1.54) is 31.0 Å². The highest BCUT2D eigenvalue weighted by molar-refractivity contribution is 9.10. The SMILES string of the molecule is FC(F)(F)Oc1ccc(OCC2(CS)CCCC2)cc1Br. The van der Waals surface area contributed by atoms with Gasteiger partial charge >= 0.3 is 6.36 Å². The van der Waals surface area contributed by atoms with Gasteiger partial charge in [0, 0.05) is 5.41 Å². The number of halogens is 4. The first-order valence-corrected chi connectivity index (χ1v) is 8.05. The van der Waals surface area contributed by atoms with Crippen molar-refractivity contribution in [2.45, 2.75) is 32.0 Å². The summed E-state index contributed by atoms with van der Waals surface area (Å²) in [5.41, 5.74) is 0.0801. The number of hydrogen-bond donors (Lipinski definition) is 1. The predicted molar refractivity (Wildman–Crippen MR) is 81.1 cm³/mol. The smallest absolute Gasteiger partial charge is 0.493 e. The van der Waals surface area contributed by atoms with Crippen molar-refractivity contribution in [2.75, 3.05) is 12.4 Å². The van der Waals surface area contributed by atoms with Gasteiger partial charge in [0.05, 0.1) is 11.1 Å². The van der Waals surface area contributed by atoms with Crippen molar-refractivity contribution < 1.29 is 22.6 Å². The number of ether oxygens (including phenoxy) is 2. The molecule has 0 atom stereocenters. The maximum atomic E-state index is 12.2. The van der Waals surface area contributed by atoms with Crippen LogP contribution in [0.25, 0.3) is 0 Å². The Bertz CT molecular complexity index is 488. The Kier molecular flexibility index (Phi) is 5.35. The molecule has 1 aromatic rings. The fourth-order valence-corrected chi connectivity index (χ4v) is 3.33. The van der Waals surface area contributed by atoms with Gasteiger partial charge in [0.25, 0.3) is 0 Å². The van der Waals surface area contributed by atoms with Crippen LogP contribution in [0.4, 0.5) is 13.2 Å². The normalized spacial score (nSPS) is 17.8. The number of alkyl halides is 3. The Labute approximate surface area is 135 Å². The Morgan fingerprint density at radius 1 is 1.24 bits per heavy atom. The van der Waals surface area contributed by atoms with Crippen molar-refractivity contribution in [3.05, 3.63) is 22.7 Å². The first-order valence-electron chi connectivity index (χ1n) is 6.63. The summed E-state index contributed by atoms with van der Waals surface area (Å²) in [5, 5.41) is 0. The molecular formula is C14H16BrF3O2S. The van der Waals surface area contributed by atoms with Crippen LogP contribution in [0, 0.1) is 5.41 Å². The van der Waals surface area contributed by atoms with Crippen molar-refractivity contribution in [3.8, 4) is 11.5 Å². The summed E-state index contributed by atoms with van der Waals surface area (Å²) in [6, 6.07) is 4.21. The third-order valence-electron chi connectivity index (χ3n) is 3.67. The highest BCUT2D eigenvalue weighted by Gasteiger charge is 2.34. The van der Waals surface area contributed by atoms with Crippen molar-refractivity contribution in [1.29, 1.82) is 0 Å². The Morgan fingerprint density at radius 2 is 1.90 bits per heavy atom. The minimum absolute atomic E-state index is 0.0801. The van der Waals surface area contributed by atoms with E-state index in [1.807, 2.05) is 0 Å². The van der Waals surface area contributed by atoms with Crippen molar-refractivity contribution >= 4 is 28.6 Å². The third-order valence-corrected chi connectivity index (χ3v) is 4.96. The minimum atomic E-state index is -4.70. The van der Waals surface area contributed by atoms with Crippen LogP contribution in [0.2, 0.25) is 0 Å². The van der Waals surface area contributed by atoms with Gasteiger partial charge in [0.15, 0.2) is 0 Å². The van der Waals surface area contributed by atoms with Gasteiger partial charge in [-0.15, -0.1) is 13.2 Å². The summed E-state index contributed by atoms with van der Waals surface area (Å²) in [5.74, 6) is 0.993. The molecule has 2 rings (SSSR count). The van der Waals surface area contributed by atoms with Crippen LogP contribution in [-0.4, -0.2) is 18.7 Å². The highest BCUT2D eigenvalue weighted by atomic mass is 79.9. The lowest BCUT2D eigenvalue weighted by Crippen LogP contribution is -2.27. The Morgan fingerprint density at radius 3 is 2.43 bits per heavy atom. The quantitative estimate of drug-likeness (QED) is 0.701. The second-order valence-corrected chi connectivity index (χ2v) is 6.46. The predicted octanol–water partition coefficient (Wildman–Crippen LogP) is 5.22. The second kappa shape index (κ2) is 6.69. The zero-order chi connectivity index (χ0) is 15.5. The van der Waals surface area contributed by atoms with E-state index >= 15 is 0 Å². The first kappa shape index (κ1) is 16.8. The number of benzene rings is 1. The molecule has 0 N–H and O–H groups in total. The molecule has 0 spiro atoms. The summed E-state index contributed by atoms with van der Waals surface area (Å²) in [6.45, 7) is 0.530. The molecule has 1 saturated carbocycles. The maximum absolute atomic E-state index is 12.2. The average Bonchev–Trinajstić information content (AvgIpc) is 2.87. The summed E-state index contributed by atoms with van der Waals surface area (Å²) >= 11 is 7.46. The molecule has 0 amide bonds. The van der Waals surface area contributed by atoms with Gasteiger partial charge < -0.3 is 9.47 Å². The molecule has 0 bridgehead atoms. The van der Waals surface area contributed by atoms with E-state index in [2.05, 4.69) is 33.3 Å². The van der Waals surface area contributed by atoms with Crippen molar-refractivity contribution in [2.24, 2.45) is 5.41 Å². The summed E-state index contributed by atoms with van der Waals surface area (Å²) in [6.07, 6.45) is -0.206. The van der Waals surface area contributed by atoms with E-state index in [4.69, 9.17) is 4.74 Å². The van der Waals surface area contributed by atoms with Crippen molar-refractivity contribution in [1.82, 2.24) is 0 Å². The monoisotopic (exact) mass is 384 g/mol. The van der Waals surface area contributed by atoms with Crippen LogP contribution in [0.1, 0.15) is 25.7 Å². The van der Waals surface area contributed by atoms with Crippen LogP contribution in [0.3, 0.4) is 0 Å². The molecule has 0 unspecified atom stereocenters. The minimum Gasteiger partial charge on any atom is -0.493 e. The molecule has 2 nitrogen and oxygen atoms in total. The third kappa shape index (κ3) is 4.71. The molecule has 0 aliphatic heterocycles. The molecule has 1 aliphatic rings. The van der Waals surface area contributed by atoms with E-state index in [0.717, 1.165) is 18.6 Å². The molecule has 1 aliphatic carbocycles. The largest absolute Gasteiger partial charge is 0.573 e. The summed E-state index contributed by atoms with van der Waals surface area (Å²) in [7, 11) is 0. The highest BCUT2D eigenvalue weighted by Crippen LogP contribution is 2.40. The molecule has 118 valence electrons. The molecule has 0 saturated heterocycles. The molecule has 0 radical (unpaired) electrons. The zero-order valence-electron chi connectivity index (χ0n) is 11.3. The summed E-state index contributed by atoms with van der Waals surface area (Å²) < 4.78 is 46.4. The van der Waals surface area contributed by atoms with Gasteiger partial charge in [-0.3, -0.25) is 0 Å². The van der Waals surface area contributed by atoms with Crippen LogP contribution in [0.15, 0.2) is 22.7 Å². The Hall–Kier alpha value is -0.560. The molecular weight excluding hydrogens is 369 g/mol. The van der Waals surface area contributed by atoms with Crippen LogP contribution in [-0.2, 0) is 0 Å². The maximum Gasteiger partial charge on any atom is 0.573 e. The van der Waals surface area contributed by atoms with Gasteiger partial charge in [-0.1, -0.05) is 12.8 Å². The number of hydrogen-bond acceptors (Lipinski definition) is 3. The van der Waals surface area contributed by atoms with E-state index in [9.17, 15) is 13.2 Å². The van der Waals surface area contributed by atoms with Gasteiger partial charge in [0.2, 0.25) is 0 Å². The van der Waals surface area contributed by atoms with E-state index in [1.54, 1.807) is 0 Å². The average molecular weight is 385 g/mol. The van der Waals surface area contributed by atoms with Crippen LogP contribution < -0.4 is 9.47 Å². The fraction of sp³-hybridized carbons (Fsp3) is 0.571. The first-order chi connectivity index (χ1) is 9.84. The standard InChI is InChI=1S/C14H16BrF3O2S/c15-11-7-10(3-4-12(11)20-14(16,17)18)19-8-13(9-21)5-1-2-6-13/h3-4,7,21H,1-2,5-6,8-9H2. The van der Waals surface area contributed by atoms with E-state index in [0.29, 0.717) is 12.4 Å². The molecule has 1 aromatic carbocycles. The lowest BCUT2D eigenvalue weighted by atomic mass is 9.90. The van der Waals surface area contributed by atoms with Gasteiger partial charge in [-0.2, -0.15) is 12.6 Å². The topological polar surface area (TPSA) is 18.5 Å². The van der Waals surface area contributed by atoms with Crippen molar-refractivity contribution in [3.63, 3.8) is 0 Å². The Balaban J connectivity index is 2.00. The van der Waals surface area contributed by atoms with E-state index in [-0.39, 0.29) is 15.6 Å². The van der Waals surface area contributed by atoms with E-state index < -0.39 is 6.36 Å². The fourth-order valence-electron chi connectivity index (χ4n) is 2.49. The molecule has 1 fully saturated rings. The molecule has 21 heavy (non-hydrogen) atoms. The lowest BCUT2D eigenvalue weighted by molar-refractivity contribution is -0.274. The number of rotatable bonds is 5. The summed E-state index contributed by atoms with van der Waals surface area (Å²) in [4.78, 5) is 0. The zero-order valence-corrected chi connectivity index (χ0v) is 13.7. The number of thiol groups is 1. The molecule has 0 heterocycles. The van der Waals surface area contributed by atoms with Gasteiger partial charge in [-0.25, -0.2) is 0 Å². The second-order valence-electron chi connectivity index (χ2n) is 5.29. The van der Waals surface area contributed by atoms with Crippen LogP contribution in [0.5, 0.6) is 11.5 Å². The lowest BCUT2D eigenvalue weighted by Gasteiger charge is -2.26. The van der Waals surface area contributed by atoms with Crippen LogP contribution >= 0.6 is 28.6 Å². The van der Waals surface area contributed by atoms with Gasteiger partial charge in [0.1, 0.15) is 11.5 Å².